The Morgan fingerprint density at radius 2 is 1.97 bits per heavy atom. The standard InChI is InChI=1S/C26H29ClFN7O3/c1-34-8-10-35(11-9-34)7-5-25(36)31-24-13-18(4-6-29-24)30-23-14-22(20-12-17(27)2-3-21(20)28)32-33-26(23)38-19-15-37-16-19/h2-4,6,12-14,19H,5,7-11,15-16H2,1H3,(H2,29,30,31,32,36). The highest BCUT2D eigenvalue weighted by molar-refractivity contribution is 6.30. The van der Waals surface area contributed by atoms with Gasteiger partial charge < -0.3 is 29.9 Å². The molecule has 0 atom stereocenters. The van der Waals surface area contributed by atoms with Crippen LogP contribution in [0.5, 0.6) is 5.88 Å². The zero-order valence-electron chi connectivity index (χ0n) is 21.0. The van der Waals surface area contributed by atoms with Crippen LogP contribution < -0.4 is 15.4 Å². The summed E-state index contributed by atoms with van der Waals surface area (Å²) in [5.41, 5.74) is 1.61. The summed E-state index contributed by atoms with van der Waals surface area (Å²) in [5, 5.41) is 14.8. The topological polar surface area (TPSA) is 105 Å². The molecule has 2 fully saturated rings. The van der Waals surface area contributed by atoms with E-state index in [1.165, 1.54) is 18.2 Å². The van der Waals surface area contributed by atoms with Gasteiger partial charge in [0.25, 0.3) is 5.88 Å². The zero-order valence-corrected chi connectivity index (χ0v) is 21.7. The number of anilines is 3. The van der Waals surface area contributed by atoms with Crippen LogP contribution in [0.1, 0.15) is 6.42 Å². The zero-order chi connectivity index (χ0) is 26.5. The minimum absolute atomic E-state index is 0.105. The summed E-state index contributed by atoms with van der Waals surface area (Å²) < 4.78 is 25.6. The SMILES string of the molecule is CN1CCN(CCC(=O)Nc2cc(Nc3cc(-c4cc(Cl)ccc4F)nnc3OC3COC3)ccn2)CC1. The van der Waals surface area contributed by atoms with Gasteiger partial charge in [-0.05, 0) is 37.4 Å². The number of hydrogen-bond donors (Lipinski definition) is 2. The Morgan fingerprint density at radius 3 is 2.74 bits per heavy atom. The highest BCUT2D eigenvalue weighted by Crippen LogP contribution is 2.32. The summed E-state index contributed by atoms with van der Waals surface area (Å²) in [6.07, 6.45) is 1.82. The monoisotopic (exact) mass is 541 g/mol. The van der Waals surface area contributed by atoms with Crippen LogP contribution in [0.4, 0.5) is 21.6 Å². The van der Waals surface area contributed by atoms with Crippen molar-refractivity contribution in [2.24, 2.45) is 0 Å². The van der Waals surface area contributed by atoms with Crippen molar-refractivity contribution in [3.63, 3.8) is 0 Å². The Balaban J connectivity index is 1.30. The maximum Gasteiger partial charge on any atom is 0.257 e. The summed E-state index contributed by atoms with van der Waals surface area (Å²) >= 11 is 6.08. The van der Waals surface area contributed by atoms with Gasteiger partial charge in [0.2, 0.25) is 5.91 Å². The van der Waals surface area contributed by atoms with Crippen LogP contribution in [-0.2, 0) is 9.53 Å². The van der Waals surface area contributed by atoms with Crippen LogP contribution in [0.2, 0.25) is 5.02 Å². The maximum atomic E-state index is 14.5. The van der Waals surface area contributed by atoms with Gasteiger partial charge >= 0.3 is 0 Å². The summed E-state index contributed by atoms with van der Waals surface area (Å²) in [6.45, 7) is 5.53. The Labute approximate surface area is 225 Å². The number of piperazine rings is 1. The molecule has 1 amide bonds. The molecule has 200 valence electrons. The third-order valence-corrected chi connectivity index (χ3v) is 6.64. The number of hydrogen-bond acceptors (Lipinski definition) is 9. The number of nitrogens with zero attached hydrogens (tertiary/aromatic N) is 5. The first kappa shape index (κ1) is 26.2. The average molecular weight is 542 g/mol. The molecule has 5 rings (SSSR count). The van der Waals surface area contributed by atoms with Crippen molar-refractivity contribution in [3.8, 4) is 17.1 Å². The Kier molecular flexibility index (Phi) is 8.28. The lowest BCUT2D eigenvalue weighted by molar-refractivity contribution is -0.116. The maximum absolute atomic E-state index is 14.5. The van der Waals surface area contributed by atoms with Crippen LogP contribution >= 0.6 is 11.6 Å². The highest BCUT2D eigenvalue weighted by atomic mass is 35.5. The predicted molar refractivity (Wildman–Crippen MR) is 142 cm³/mol. The van der Waals surface area contributed by atoms with E-state index in [1.807, 2.05) is 0 Å². The quantitative estimate of drug-likeness (QED) is 0.421. The van der Waals surface area contributed by atoms with Crippen molar-refractivity contribution in [2.75, 3.05) is 63.6 Å². The number of likely N-dealkylation sites (N-methyl/N-ethyl adjacent to an activating group) is 1. The number of rotatable bonds is 9. The van der Waals surface area contributed by atoms with Gasteiger partial charge in [0.05, 0.1) is 18.9 Å². The summed E-state index contributed by atoms with van der Waals surface area (Å²) in [7, 11) is 2.10. The second-order valence-electron chi connectivity index (χ2n) is 9.35. The van der Waals surface area contributed by atoms with Gasteiger partial charge in [-0.25, -0.2) is 9.37 Å². The van der Waals surface area contributed by atoms with Crippen molar-refractivity contribution < 1.29 is 18.7 Å². The number of halogens is 2. The molecule has 38 heavy (non-hydrogen) atoms. The molecule has 4 heterocycles. The molecule has 12 heteroatoms. The number of amides is 1. The number of carbonyl (C=O) groups is 1. The molecule has 0 bridgehead atoms. The molecule has 0 saturated carbocycles. The normalized spacial score (nSPS) is 16.6. The minimum atomic E-state index is -0.471. The van der Waals surface area contributed by atoms with Crippen molar-refractivity contribution >= 4 is 34.7 Å². The Hall–Kier alpha value is -3.38. The van der Waals surface area contributed by atoms with Crippen LogP contribution in [0.3, 0.4) is 0 Å². The molecule has 0 radical (unpaired) electrons. The lowest BCUT2D eigenvalue weighted by Crippen LogP contribution is -2.45. The van der Waals surface area contributed by atoms with E-state index in [1.54, 1.807) is 24.4 Å². The van der Waals surface area contributed by atoms with E-state index in [-0.39, 0.29) is 29.1 Å². The third kappa shape index (κ3) is 6.73. The number of ether oxygens (including phenoxy) is 2. The first-order chi connectivity index (χ1) is 18.4. The average Bonchev–Trinajstić information content (AvgIpc) is 2.88. The van der Waals surface area contributed by atoms with Crippen molar-refractivity contribution in [1.29, 1.82) is 0 Å². The van der Waals surface area contributed by atoms with Gasteiger partial charge in [0.15, 0.2) is 0 Å². The fraction of sp³-hybridized carbons (Fsp3) is 0.385. The van der Waals surface area contributed by atoms with Crippen LogP contribution in [0.25, 0.3) is 11.3 Å². The number of benzene rings is 1. The molecule has 2 aromatic heterocycles. The van der Waals surface area contributed by atoms with Gasteiger partial charge in [0.1, 0.15) is 23.4 Å². The molecule has 2 saturated heterocycles. The van der Waals surface area contributed by atoms with Gasteiger partial charge in [-0.3, -0.25) is 4.79 Å². The molecule has 2 aliphatic heterocycles. The molecule has 0 unspecified atom stereocenters. The lowest BCUT2D eigenvalue weighted by atomic mass is 10.1. The smallest absolute Gasteiger partial charge is 0.257 e. The minimum Gasteiger partial charge on any atom is -0.467 e. The van der Waals surface area contributed by atoms with Gasteiger partial charge in [-0.15, -0.1) is 10.2 Å². The number of nitrogens with one attached hydrogen (secondary N) is 2. The highest BCUT2D eigenvalue weighted by Gasteiger charge is 2.23. The van der Waals surface area contributed by atoms with Gasteiger partial charge in [-0.2, -0.15) is 0 Å². The van der Waals surface area contributed by atoms with Gasteiger partial charge in [0, 0.05) is 67.7 Å². The molecule has 0 aliphatic carbocycles. The molecule has 2 N–H and O–H groups in total. The van der Waals surface area contributed by atoms with E-state index in [0.717, 1.165) is 26.2 Å². The van der Waals surface area contributed by atoms with Crippen LogP contribution in [-0.4, -0.2) is 90.0 Å². The van der Waals surface area contributed by atoms with E-state index in [4.69, 9.17) is 21.1 Å². The number of aromatic nitrogens is 3. The van der Waals surface area contributed by atoms with Gasteiger partial charge in [-0.1, -0.05) is 11.6 Å². The Bertz CT molecular complexity index is 1290. The Morgan fingerprint density at radius 1 is 1.16 bits per heavy atom. The van der Waals surface area contributed by atoms with Crippen molar-refractivity contribution in [3.05, 3.63) is 53.4 Å². The largest absolute Gasteiger partial charge is 0.467 e. The third-order valence-electron chi connectivity index (χ3n) is 6.41. The first-order valence-corrected chi connectivity index (χ1v) is 12.8. The molecule has 3 aromatic rings. The summed E-state index contributed by atoms with van der Waals surface area (Å²) in [5.74, 6) is 0.0866. The molecule has 10 nitrogen and oxygen atoms in total. The van der Waals surface area contributed by atoms with Crippen molar-refractivity contribution in [1.82, 2.24) is 25.0 Å². The molecule has 0 spiro atoms. The predicted octanol–water partition coefficient (Wildman–Crippen LogP) is 3.43. The first-order valence-electron chi connectivity index (χ1n) is 12.4. The fourth-order valence-electron chi connectivity index (χ4n) is 4.09. The lowest BCUT2D eigenvalue weighted by Gasteiger charge is -2.32. The summed E-state index contributed by atoms with van der Waals surface area (Å²) in [6, 6.07) is 9.35. The molecule has 2 aliphatic rings. The van der Waals surface area contributed by atoms with Crippen molar-refractivity contribution in [2.45, 2.75) is 12.5 Å². The second kappa shape index (κ2) is 12.0. The van der Waals surface area contributed by atoms with E-state index in [0.29, 0.717) is 48.4 Å². The van der Waals surface area contributed by atoms with Crippen LogP contribution in [0.15, 0.2) is 42.6 Å². The molecular formula is C26H29ClFN7O3. The number of carbonyl (C=O) groups excluding carboxylic acids is 1. The van der Waals surface area contributed by atoms with E-state index in [2.05, 4.69) is 42.7 Å². The van der Waals surface area contributed by atoms with E-state index in [9.17, 15) is 9.18 Å². The van der Waals surface area contributed by atoms with E-state index >= 15 is 0 Å². The van der Waals surface area contributed by atoms with E-state index < -0.39 is 5.82 Å². The summed E-state index contributed by atoms with van der Waals surface area (Å²) in [4.78, 5) is 21.4. The number of pyridine rings is 1. The second-order valence-corrected chi connectivity index (χ2v) is 9.78. The van der Waals surface area contributed by atoms with Crippen LogP contribution in [0, 0.1) is 5.82 Å². The molecular weight excluding hydrogens is 513 g/mol. The molecule has 1 aromatic carbocycles. The fourth-order valence-corrected chi connectivity index (χ4v) is 4.26.